The van der Waals surface area contributed by atoms with Gasteiger partial charge in [-0.3, -0.25) is 4.99 Å². The predicted molar refractivity (Wildman–Crippen MR) is 32.1 cm³/mol. The zero-order chi connectivity index (χ0) is 5.70. The van der Waals surface area contributed by atoms with Crippen molar-refractivity contribution in [2.45, 2.75) is 6.92 Å². The second-order valence-electron chi connectivity index (χ2n) is 1.10. The van der Waals surface area contributed by atoms with Crippen molar-refractivity contribution < 1.29 is 0 Å². The van der Waals surface area contributed by atoms with Gasteiger partial charge in [0, 0.05) is 12.4 Å². The first-order valence-electron chi connectivity index (χ1n) is 1.97. The molecule has 0 rings (SSSR count). The lowest BCUT2D eigenvalue weighted by Gasteiger charge is -1.78. The second kappa shape index (κ2) is 3.28. The third-order valence-electron chi connectivity index (χ3n) is 0.504. The van der Waals surface area contributed by atoms with Gasteiger partial charge < -0.3 is 5.41 Å². The van der Waals surface area contributed by atoms with Gasteiger partial charge in [-0.25, -0.2) is 0 Å². The van der Waals surface area contributed by atoms with E-state index >= 15 is 0 Å². The average Bonchev–Trinajstić information content (AvgIpc) is 1.68. The summed E-state index contributed by atoms with van der Waals surface area (Å²) in [6, 6.07) is 0. The topological polar surface area (TPSA) is 36.2 Å². The molecule has 38 valence electrons. The van der Waals surface area contributed by atoms with E-state index in [1.54, 1.807) is 6.92 Å². The number of nitrogens with zero attached hydrogens (tertiary/aromatic N) is 1. The molecular formula is C5H8N2. The third-order valence-corrected chi connectivity index (χ3v) is 0.504. The van der Waals surface area contributed by atoms with Crippen molar-refractivity contribution in [1.82, 2.24) is 0 Å². The molecule has 2 heteroatoms. The van der Waals surface area contributed by atoms with Gasteiger partial charge in [0.25, 0.3) is 0 Å². The van der Waals surface area contributed by atoms with Crippen LogP contribution in [-0.2, 0) is 0 Å². The van der Waals surface area contributed by atoms with Crippen molar-refractivity contribution in [1.29, 1.82) is 5.41 Å². The molecule has 0 saturated heterocycles. The molecule has 0 aliphatic rings. The van der Waals surface area contributed by atoms with Gasteiger partial charge in [-0.15, -0.1) is 0 Å². The first-order chi connectivity index (χ1) is 3.31. The molecule has 1 N–H and O–H groups in total. The predicted octanol–water partition coefficient (Wildman–Crippen LogP) is 1.24. The van der Waals surface area contributed by atoms with E-state index in [-0.39, 0.29) is 0 Å². The highest BCUT2D eigenvalue weighted by atomic mass is 14.7. The maximum atomic E-state index is 6.61. The van der Waals surface area contributed by atoms with Crippen molar-refractivity contribution in [2.75, 3.05) is 0 Å². The van der Waals surface area contributed by atoms with E-state index in [0.29, 0.717) is 5.71 Å². The summed E-state index contributed by atoms with van der Waals surface area (Å²) in [6.45, 7) is 5.10. The number of hydrogen-bond donors (Lipinski definition) is 1. The van der Waals surface area contributed by atoms with Crippen LogP contribution in [0.3, 0.4) is 0 Å². The number of rotatable bonds is 2. The molecular weight excluding hydrogens is 88.1 g/mol. The highest BCUT2D eigenvalue weighted by Gasteiger charge is 1.72. The SMILES string of the molecule is C=CN=C(C)C=N. The van der Waals surface area contributed by atoms with Crippen LogP contribution in [0.15, 0.2) is 17.8 Å². The van der Waals surface area contributed by atoms with Gasteiger partial charge in [0.2, 0.25) is 0 Å². The summed E-state index contributed by atoms with van der Waals surface area (Å²) in [4.78, 5) is 3.68. The smallest absolute Gasteiger partial charge is 0.0547 e. The van der Waals surface area contributed by atoms with Crippen molar-refractivity contribution in [2.24, 2.45) is 4.99 Å². The summed E-state index contributed by atoms with van der Waals surface area (Å²) in [5.74, 6) is 0. The Balaban J connectivity index is 3.72. The Kier molecular flexibility index (Phi) is 2.85. The van der Waals surface area contributed by atoms with Crippen molar-refractivity contribution >= 4 is 11.9 Å². The molecule has 0 aromatic carbocycles. The maximum Gasteiger partial charge on any atom is 0.0547 e. The maximum absolute atomic E-state index is 6.61. The van der Waals surface area contributed by atoms with Gasteiger partial charge in [0.1, 0.15) is 0 Å². The molecule has 7 heavy (non-hydrogen) atoms. The minimum Gasteiger partial charge on any atom is -0.307 e. The summed E-state index contributed by atoms with van der Waals surface area (Å²) in [6.07, 6.45) is 2.60. The molecule has 0 aromatic heterocycles. The Hall–Kier alpha value is -0.920. The fourth-order valence-electron chi connectivity index (χ4n) is 0.181. The van der Waals surface area contributed by atoms with Gasteiger partial charge >= 0.3 is 0 Å². The highest BCUT2D eigenvalue weighted by Crippen LogP contribution is 1.70. The lowest BCUT2D eigenvalue weighted by atomic mass is 10.5. The Morgan fingerprint density at radius 2 is 2.43 bits per heavy atom. The van der Waals surface area contributed by atoms with Crippen molar-refractivity contribution in [3.05, 3.63) is 12.8 Å². The average molecular weight is 96.1 g/mol. The standard InChI is InChI=1S/C5H8N2/c1-3-7-5(2)4-6/h3-4,6H,1H2,2H3. The van der Waals surface area contributed by atoms with Crippen LogP contribution in [0.5, 0.6) is 0 Å². The summed E-state index contributed by atoms with van der Waals surface area (Å²) < 4.78 is 0. The monoisotopic (exact) mass is 96.1 g/mol. The molecule has 0 unspecified atom stereocenters. The Labute approximate surface area is 43.1 Å². The van der Waals surface area contributed by atoms with E-state index in [1.807, 2.05) is 0 Å². The van der Waals surface area contributed by atoms with E-state index in [1.165, 1.54) is 12.4 Å². The van der Waals surface area contributed by atoms with Crippen LogP contribution in [0.1, 0.15) is 6.92 Å². The molecule has 0 aromatic rings. The summed E-state index contributed by atoms with van der Waals surface area (Å²) in [5.41, 5.74) is 0.676. The van der Waals surface area contributed by atoms with Crippen LogP contribution in [0.25, 0.3) is 0 Å². The van der Waals surface area contributed by atoms with E-state index in [9.17, 15) is 0 Å². The van der Waals surface area contributed by atoms with Crippen LogP contribution >= 0.6 is 0 Å². The Morgan fingerprint density at radius 3 is 2.57 bits per heavy atom. The molecule has 0 amide bonds. The van der Waals surface area contributed by atoms with Gasteiger partial charge in [-0.2, -0.15) is 0 Å². The van der Waals surface area contributed by atoms with E-state index in [2.05, 4.69) is 11.6 Å². The summed E-state index contributed by atoms with van der Waals surface area (Å²) in [7, 11) is 0. The largest absolute Gasteiger partial charge is 0.307 e. The van der Waals surface area contributed by atoms with Gasteiger partial charge in [0.15, 0.2) is 0 Å². The Bertz CT molecular complexity index is 103. The molecule has 0 saturated carbocycles. The number of nitrogens with one attached hydrogen (secondary N) is 1. The quantitative estimate of drug-likeness (QED) is 0.502. The molecule has 0 fully saturated rings. The molecule has 0 aliphatic carbocycles. The number of aliphatic imine (C=N–C) groups is 1. The van der Waals surface area contributed by atoms with E-state index in [4.69, 9.17) is 5.41 Å². The lowest BCUT2D eigenvalue weighted by Crippen LogP contribution is -1.86. The molecule has 0 spiro atoms. The first kappa shape index (κ1) is 6.08. The zero-order valence-corrected chi connectivity index (χ0v) is 4.31. The van der Waals surface area contributed by atoms with Gasteiger partial charge in [-0.1, -0.05) is 6.58 Å². The fourth-order valence-corrected chi connectivity index (χ4v) is 0.181. The third kappa shape index (κ3) is 2.89. The molecule has 0 bridgehead atoms. The lowest BCUT2D eigenvalue weighted by molar-refractivity contribution is 1.54. The Morgan fingerprint density at radius 1 is 1.86 bits per heavy atom. The minimum absolute atomic E-state index is 0.676. The molecule has 0 radical (unpaired) electrons. The first-order valence-corrected chi connectivity index (χ1v) is 1.97. The van der Waals surface area contributed by atoms with Crippen LogP contribution in [0.2, 0.25) is 0 Å². The normalized spacial score (nSPS) is 10.7. The molecule has 0 atom stereocenters. The van der Waals surface area contributed by atoms with Crippen LogP contribution in [0.4, 0.5) is 0 Å². The second-order valence-corrected chi connectivity index (χ2v) is 1.10. The highest BCUT2D eigenvalue weighted by molar-refractivity contribution is 6.28. The van der Waals surface area contributed by atoms with Crippen molar-refractivity contribution in [3.63, 3.8) is 0 Å². The zero-order valence-electron chi connectivity index (χ0n) is 4.31. The number of hydrogen-bond acceptors (Lipinski definition) is 2. The molecule has 2 nitrogen and oxygen atoms in total. The van der Waals surface area contributed by atoms with Crippen LogP contribution in [0, 0.1) is 5.41 Å². The van der Waals surface area contributed by atoms with E-state index < -0.39 is 0 Å². The summed E-state index contributed by atoms with van der Waals surface area (Å²) >= 11 is 0. The fraction of sp³-hybridized carbons (Fsp3) is 0.200. The van der Waals surface area contributed by atoms with Gasteiger partial charge in [0.05, 0.1) is 5.71 Å². The minimum atomic E-state index is 0.676. The van der Waals surface area contributed by atoms with Gasteiger partial charge in [-0.05, 0) is 6.92 Å². The molecule has 0 aliphatic heterocycles. The van der Waals surface area contributed by atoms with Crippen molar-refractivity contribution in [3.8, 4) is 0 Å². The van der Waals surface area contributed by atoms with Crippen LogP contribution < -0.4 is 0 Å². The van der Waals surface area contributed by atoms with E-state index in [0.717, 1.165) is 0 Å². The summed E-state index contributed by atoms with van der Waals surface area (Å²) in [5, 5.41) is 6.61. The molecule has 0 heterocycles. The van der Waals surface area contributed by atoms with Crippen LogP contribution in [-0.4, -0.2) is 11.9 Å².